The fourth-order valence-corrected chi connectivity index (χ4v) is 2.23. The summed E-state index contributed by atoms with van der Waals surface area (Å²) in [6.45, 7) is 0.305. The zero-order valence-electron chi connectivity index (χ0n) is 11.8. The van der Waals surface area contributed by atoms with Crippen molar-refractivity contribution in [2.45, 2.75) is 6.42 Å². The summed E-state index contributed by atoms with van der Waals surface area (Å²) in [5.41, 5.74) is 0.761. The predicted molar refractivity (Wildman–Crippen MR) is 86.4 cm³/mol. The topological polar surface area (TPSA) is 29.1 Å². The molecular weight excluding hydrogens is 343 g/mol. The number of nitrogens with one attached hydrogen (secondary N) is 1. The molecule has 0 fully saturated rings. The van der Waals surface area contributed by atoms with Crippen LogP contribution in [0.2, 0.25) is 10.0 Å². The van der Waals surface area contributed by atoms with E-state index in [4.69, 9.17) is 23.2 Å². The van der Waals surface area contributed by atoms with Gasteiger partial charge in [-0.2, -0.15) is 0 Å². The van der Waals surface area contributed by atoms with E-state index in [0.717, 1.165) is 11.6 Å². The lowest BCUT2D eigenvalue weighted by Gasteiger charge is -2.05. The molecule has 23 heavy (non-hydrogen) atoms. The van der Waals surface area contributed by atoms with Crippen LogP contribution in [0.4, 0.5) is 8.78 Å². The quantitative estimate of drug-likeness (QED) is 0.830. The molecule has 0 aromatic heterocycles. The molecule has 6 heteroatoms. The van der Waals surface area contributed by atoms with Crippen LogP contribution in [-0.2, 0) is 11.2 Å². The minimum Gasteiger partial charge on any atom is -0.345 e. The average molecular weight is 354 g/mol. The molecule has 2 aromatic rings. The first kappa shape index (κ1) is 17.3. The maximum Gasteiger partial charge on any atom is 0.296 e. The van der Waals surface area contributed by atoms with Crippen molar-refractivity contribution in [2.24, 2.45) is 0 Å². The van der Waals surface area contributed by atoms with E-state index in [1.165, 1.54) is 6.07 Å². The van der Waals surface area contributed by atoms with Crippen LogP contribution in [0.3, 0.4) is 0 Å². The smallest absolute Gasteiger partial charge is 0.296 e. The fraction of sp³-hybridized carbons (Fsp3) is 0.118. The lowest BCUT2D eigenvalue weighted by molar-refractivity contribution is -0.115. The molecule has 1 N–H and O–H groups in total. The van der Waals surface area contributed by atoms with Gasteiger partial charge in [0.2, 0.25) is 0 Å². The number of hydrogen-bond acceptors (Lipinski definition) is 1. The molecule has 0 spiro atoms. The largest absolute Gasteiger partial charge is 0.345 e. The molecule has 1 amide bonds. The molecule has 0 heterocycles. The molecule has 0 radical (unpaired) electrons. The molecule has 0 unspecified atom stereocenters. The summed E-state index contributed by atoms with van der Waals surface area (Å²) >= 11 is 11.9. The monoisotopic (exact) mass is 353 g/mol. The Bertz CT molecular complexity index is 797. The molecule has 2 nitrogen and oxygen atoms in total. The highest BCUT2D eigenvalue weighted by Crippen LogP contribution is 2.25. The van der Waals surface area contributed by atoms with Crippen molar-refractivity contribution in [3.63, 3.8) is 0 Å². The average Bonchev–Trinajstić information content (AvgIpc) is 2.50. The van der Waals surface area contributed by atoms with Crippen LogP contribution >= 0.6 is 23.2 Å². The summed E-state index contributed by atoms with van der Waals surface area (Å²) in [6, 6.07) is 8.21. The molecule has 0 aliphatic heterocycles. The van der Waals surface area contributed by atoms with Crippen LogP contribution in [0.5, 0.6) is 0 Å². The van der Waals surface area contributed by atoms with Crippen molar-refractivity contribution in [2.75, 3.05) is 6.54 Å². The molecule has 2 rings (SSSR count). The lowest BCUT2D eigenvalue weighted by Crippen LogP contribution is -2.24. The van der Waals surface area contributed by atoms with E-state index >= 15 is 0 Å². The lowest BCUT2D eigenvalue weighted by atomic mass is 10.1. The van der Waals surface area contributed by atoms with Crippen molar-refractivity contribution < 1.29 is 13.6 Å². The van der Waals surface area contributed by atoms with Crippen LogP contribution in [-0.4, -0.2) is 12.5 Å². The van der Waals surface area contributed by atoms with E-state index < -0.39 is 17.5 Å². The second-order valence-corrected chi connectivity index (χ2v) is 5.38. The minimum atomic E-state index is -0.809. The first-order chi connectivity index (χ1) is 11.0. The predicted octanol–water partition coefficient (Wildman–Crippen LogP) is 3.98. The molecule has 0 aliphatic carbocycles. The van der Waals surface area contributed by atoms with E-state index in [1.54, 1.807) is 18.2 Å². The zero-order valence-corrected chi connectivity index (χ0v) is 13.3. The first-order valence-corrected chi connectivity index (χ1v) is 7.41. The Morgan fingerprint density at radius 2 is 1.96 bits per heavy atom. The van der Waals surface area contributed by atoms with Gasteiger partial charge in [-0.1, -0.05) is 41.3 Å². The summed E-state index contributed by atoms with van der Waals surface area (Å²) in [5, 5.41) is 3.46. The number of carbonyl (C=O) groups is 1. The van der Waals surface area contributed by atoms with Gasteiger partial charge in [-0.05, 0) is 30.2 Å². The third kappa shape index (κ3) is 4.95. The van der Waals surface area contributed by atoms with Gasteiger partial charge in [-0.15, -0.1) is 0 Å². The Hall–Kier alpha value is -2.09. The molecule has 0 aliphatic rings. The van der Waals surface area contributed by atoms with Gasteiger partial charge in [-0.3, -0.25) is 4.79 Å². The van der Waals surface area contributed by atoms with Crippen LogP contribution in [0.1, 0.15) is 11.1 Å². The fourth-order valence-electron chi connectivity index (χ4n) is 1.81. The minimum absolute atomic E-state index is 0.0422. The summed E-state index contributed by atoms with van der Waals surface area (Å²) in [7, 11) is 0. The third-order valence-electron chi connectivity index (χ3n) is 2.95. The Balaban J connectivity index is 1.91. The van der Waals surface area contributed by atoms with E-state index in [-0.39, 0.29) is 5.56 Å². The Kier molecular flexibility index (Phi) is 5.97. The molecule has 0 bridgehead atoms. The van der Waals surface area contributed by atoms with Crippen LogP contribution in [0.15, 0.2) is 36.4 Å². The highest BCUT2D eigenvalue weighted by molar-refractivity contribution is 6.42. The van der Waals surface area contributed by atoms with Crippen LogP contribution < -0.4 is 5.32 Å². The second-order valence-electron chi connectivity index (χ2n) is 4.59. The molecular formula is C17H11Cl2F2NO. The van der Waals surface area contributed by atoms with Gasteiger partial charge in [0.1, 0.15) is 11.6 Å². The van der Waals surface area contributed by atoms with Gasteiger partial charge < -0.3 is 5.32 Å². The van der Waals surface area contributed by atoms with Gasteiger partial charge in [0, 0.05) is 18.5 Å². The number of hydrogen-bond donors (Lipinski definition) is 1. The highest BCUT2D eigenvalue weighted by Gasteiger charge is 2.05. The van der Waals surface area contributed by atoms with Crippen molar-refractivity contribution >= 4 is 29.1 Å². The maximum atomic E-state index is 13.4. The first-order valence-electron chi connectivity index (χ1n) is 6.65. The number of benzene rings is 2. The van der Waals surface area contributed by atoms with Gasteiger partial charge in [0.15, 0.2) is 0 Å². The van der Waals surface area contributed by atoms with Gasteiger partial charge in [-0.25, -0.2) is 8.78 Å². The molecule has 2 aromatic carbocycles. The Morgan fingerprint density at radius 3 is 2.70 bits per heavy atom. The maximum absolute atomic E-state index is 13.4. The molecule has 0 saturated carbocycles. The number of halogens is 4. The van der Waals surface area contributed by atoms with Crippen molar-refractivity contribution in [1.29, 1.82) is 0 Å². The van der Waals surface area contributed by atoms with Gasteiger partial charge in [0.25, 0.3) is 5.91 Å². The third-order valence-corrected chi connectivity index (χ3v) is 3.81. The van der Waals surface area contributed by atoms with Crippen molar-refractivity contribution in [3.8, 4) is 11.8 Å². The van der Waals surface area contributed by atoms with Crippen LogP contribution in [0.25, 0.3) is 0 Å². The van der Waals surface area contributed by atoms with Crippen molar-refractivity contribution in [1.82, 2.24) is 5.32 Å². The van der Waals surface area contributed by atoms with Gasteiger partial charge in [0.05, 0.1) is 15.6 Å². The molecule has 118 valence electrons. The normalized spacial score (nSPS) is 9.91. The highest BCUT2D eigenvalue weighted by atomic mass is 35.5. The standard InChI is InChI=1S/C17H11Cl2F2NO/c18-14-3-1-2-12(17(14)19)8-9-22-16(23)7-5-11-4-6-13(20)10-15(11)21/h1-4,6,10H,8-9H2,(H,22,23). The summed E-state index contributed by atoms with van der Waals surface area (Å²) in [6.07, 6.45) is 0.484. The van der Waals surface area contributed by atoms with Crippen LogP contribution in [0, 0.1) is 23.5 Å². The Morgan fingerprint density at radius 1 is 1.17 bits per heavy atom. The summed E-state index contributed by atoms with van der Waals surface area (Å²) in [5.74, 6) is 2.54. The number of rotatable bonds is 3. The summed E-state index contributed by atoms with van der Waals surface area (Å²) in [4.78, 5) is 11.6. The number of amides is 1. The van der Waals surface area contributed by atoms with Crippen molar-refractivity contribution in [3.05, 3.63) is 69.2 Å². The van der Waals surface area contributed by atoms with E-state index in [2.05, 4.69) is 17.2 Å². The second kappa shape index (κ2) is 7.96. The summed E-state index contributed by atoms with van der Waals surface area (Å²) < 4.78 is 26.1. The van der Waals surface area contributed by atoms with E-state index in [0.29, 0.717) is 29.1 Å². The molecule has 0 saturated heterocycles. The number of carbonyl (C=O) groups excluding carboxylic acids is 1. The van der Waals surface area contributed by atoms with Gasteiger partial charge >= 0.3 is 0 Å². The van der Waals surface area contributed by atoms with E-state index in [1.807, 2.05) is 0 Å². The molecule has 0 atom stereocenters. The Labute approximate surface area is 142 Å². The van der Waals surface area contributed by atoms with E-state index in [9.17, 15) is 13.6 Å². The SMILES string of the molecule is O=C(C#Cc1ccc(F)cc1F)NCCc1cccc(Cl)c1Cl. The zero-order chi connectivity index (χ0) is 16.8.